The van der Waals surface area contributed by atoms with Crippen molar-refractivity contribution in [2.24, 2.45) is 0 Å². The van der Waals surface area contributed by atoms with Crippen molar-refractivity contribution in [3.05, 3.63) is 35.9 Å². The summed E-state index contributed by atoms with van der Waals surface area (Å²) in [6, 6.07) is 9.95. The standard InChI is InChI=1S/C13H17NO/c15-12-5-4-10-14-11-6-9-13-7-2-1-3-8-13/h1-3,7-8,14-15H,4-5,10-12H2. The fraction of sp³-hybridized carbons (Fsp3) is 0.385. The molecule has 0 amide bonds. The zero-order valence-electron chi connectivity index (χ0n) is 8.87. The summed E-state index contributed by atoms with van der Waals surface area (Å²) < 4.78 is 0. The lowest BCUT2D eigenvalue weighted by Crippen LogP contribution is -2.15. The van der Waals surface area contributed by atoms with Crippen LogP contribution in [0.1, 0.15) is 18.4 Å². The van der Waals surface area contributed by atoms with Gasteiger partial charge in [-0.05, 0) is 31.5 Å². The van der Waals surface area contributed by atoms with Crippen LogP contribution in [0.5, 0.6) is 0 Å². The predicted octanol–water partition coefficient (Wildman–Crippen LogP) is 1.40. The van der Waals surface area contributed by atoms with Crippen LogP contribution in [-0.2, 0) is 0 Å². The van der Waals surface area contributed by atoms with E-state index in [4.69, 9.17) is 5.11 Å². The van der Waals surface area contributed by atoms with Crippen LogP contribution >= 0.6 is 0 Å². The van der Waals surface area contributed by atoms with Crippen molar-refractivity contribution in [1.29, 1.82) is 0 Å². The van der Waals surface area contributed by atoms with Crippen molar-refractivity contribution < 1.29 is 5.11 Å². The largest absolute Gasteiger partial charge is 0.396 e. The van der Waals surface area contributed by atoms with Crippen molar-refractivity contribution in [2.45, 2.75) is 12.8 Å². The van der Waals surface area contributed by atoms with Crippen LogP contribution in [0.4, 0.5) is 0 Å². The van der Waals surface area contributed by atoms with Gasteiger partial charge in [0.05, 0.1) is 6.54 Å². The van der Waals surface area contributed by atoms with Gasteiger partial charge in [0, 0.05) is 12.2 Å². The van der Waals surface area contributed by atoms with E-state index in [1.807, 2.05) is 30.3 Å². The van der Waals surface area contributed by atoms with E-state index in [1.54, 1.807) is 0 Å². The average Bonchev–Trinajstić information content (AvgIpc) is 2.29. The van der Waals surface area contributed by atoms with Crippen molar-refractivity contribution in [3.63, 3.8) is 0 Å². The van der Waals surface area contributed by atoms with Crippen LogP contribution in [-0.4, -0.2) is 24.8 Å². The number of aliphatic hydroxyl groups is 1. The molecular weight excluding hydrogens is 186 g/mol. The summed E-state index contributed by atoms with van der Waals surface area (Å²) >= 11 is 0. The number of hydrogen-bond acceptors (Lipinski definition) is 2. The number of benzene rings is 1. The lowest BCUT2D eigenvalue weighted by Gasteiger charge is -1.97. The molecule has 1 aromatic carbocycles. The Kier molecular flexibility index (Phi) is 6.31. The van der Waals surface area contributed by atoms with E-state index in [0.29, 0.717) is 6.54 Å². The highest BCUT2D eigenvalue weighted by molar-refractivity contribution is 5.33. The van der Waals surface area contributed by atoms with E-state index < -0.39 is 0 Å². The summed E-state index contributed by atoms with van der Waals surface area (Å²) in [5, 5.41) is 11.8. The summed E-state index contributed by atoms with van der Waals surface area (Å²) in [5.74, 6) is 6.13. The summed E-state index contributed by atoms with van der Waals surface area (Å²) in [6.45, 7) is 1.90. The third-order valence-electron chi connectivity index (χ3n) is 1.98. The van der Waals surface area contributed by atoms with Gasteiger partial charge >= 0.3 is 0 Å². The Hall–Kier alpha value is -1.30. The molecular formula is C13H17NO. The maximum atomic E-state index is 8.56. The normalized spacial score (nSPS) is 9.40. The summed E-state index contributed by atoms with van der Waals surface area (Å²) in [5.41, 5.74) is 1.05. The van der Waals surface area contributed by atoms with Gasteiger partial charge in [-0.15, -0.1) is 0 Å². The second-order valence-electron chi connectivity index (χ2n) is 3.28. The molecule has 0 heterocycles. The molecule has 0 fully saturated rings. The Bertz CT molecular complexity index is 310. The SMILES string of the molecule is OCCCCNCC#Cc1ccccc1. The van der Waals surface area contributed by atoms with Gasteiger partial charge in [0.2, 0.25) is 0 Å². The lowest BCUT2D eigenvalue weighted by molar-refractivity contribution is 0.284. The molecule has 0 bridgehead atoms. The minimum absolute atomic E-state index is 0.275. The van der Waals surface area contributed by atoms with E-state index in [9.17, 15) is 0 Å². The van der Waals surface area contributed by atoms with E-state index in [2.05, 4.69) is 17.2 Å². The first kappa shape index (κ1) is 11.8. The van der Waals surface area contributed by atoms with Crippen LogP contribution < -0.4 is 5.32 Å². The minimum Gasteiger partial charge on any atom is -0.396 e. The minimum atomic E-state index is 0.275. The van der Waals surface area contributed by atoms with Crippen LogP contribution in [0.25, 0.3) is 0 Å². The van der Waals surface area contributed by atoms with Crippen molar-refractivity contribution in [2.75, 3.05) is 19.7 Å². The molecule has 0 aliphatic carbocycles. The molecule has 0 aliphatic heterocycles. The summed E-state index contributed by atoms with van der Waals surface area (Å²) in [6.07, 6.45) is 1.86. The Morgan fingerprint density at radius 3 is 2.67 bits per heavy atom. The van der Waals surface area contributed by atoms with Gasteiger partial charge < -0.3 is 10.4 Å². The average molecular weight is 203 g/mol. The van der Waals surface area contributed by atoms with Gasteiger partial charge in [-0.2, -0.15) is 0 Å². The van der Waals surface area contributed by atoms with E-state index >= 15 is 0 Å². The summed E-state index contributed by atoms with van der Waals surface area (Å²) in [7, 11) is 0. The van der Waals surface area contributed by atoms with Gasteiger partial charge in [0.1, 0.15) is 0 Å². The highest BCUT2D eigenvalue weighted by atomic mass is 16.2. The molecule has 2 nitrogen and oxygen atoms in total. The summed E-state index contributed by atoms with van der Waals surface area (Å²) in [4.78, 5) is 0. The quantitative estimate of drug-likeness (QED) is 0.560. The van der Waals surface area contributed by atoms with E-state index in [1.165, 1.54) is 0 Å². The third-order valence-corrected chi connectivity index (χ3v) is 1.98. The van der Waals surface area contributed by atoms with Crippen molar-refractivity contribution >= 4 is 0 Å². The molecule has 2 heteroatoms. The van der Waals surface area contributed by atoms with Crippen molar-refractivity contribution in [1.82, 2.24) is 5.32 Å². The number of hydrogen-bond donors (Lipinski definition) is 2. The molecule has 0 saturated heterocycles. The Balaban J connectivity index is 2.12. The topological polar surface area (TPSA) is 32.3 Å². The monoisotopic (exact) mass is 203 g/mol. The van der Waals surface area contributed by atoms with Gasteiger partial charge in [-0.1, -0.05) is 30.0 Å². The molecule has 0 spiro atoms. The molecule has 0 aliphatic rings. The number of nitrogens with one attached hydrogen (secondary N) is 1. The molecule has 1 rings (SSSR count). The Morgan fingerprint density at radius 1 is 1.13 bits per heavy atom. The second-order valence-corrected chi connectivity index (χ2v) is 3.28. The first-order chi connectivity index (χ1) is 7.43. The Morgan fingerprint density at radius 2 is 1.93 bits per heavy atom. The molecule has 0 radical (unpaired) electrons. The fourth-order valence-electron chi connectivity index (χ4n) is 1.18. The number of unbranched alkanes of at least 4 members (excludes halogenated alkanes) is 1. The molecule has 15 heavy (non-hydrogen) atoms. The van der Waals surface area contributed by atoms with Crippen LogP contribution in [0.3, 0.4) is 0 Å². The molecule has 0 aromatic heterocycles. The molecule has 0 atom stereocenters. The van der Waals surface area contributed by atoms with Gasteiger partial charge in [0.25, 0.3) is 0 Å². The Labute approximate surface area is 91.3 Å². The number of aliphatic hydroxyl groups excluding tert-OH is 1. The predicted molar refractivity (Wildman–Crippen MR) is 62.5 cm³/mol. The van der Waals surface area contributed by atoms with Crippen LogP contribution in [0, 0.1) is 11.8 Å². The third kappa shape index (κ3) is 5.90. The maximum absolute atomic E-state index is 8.56. The van der Waals surface area contributed by atoms with E-state index in [0.717, 1.165) is 24.9 Å². The van der Waals surface area contributed by atoms with Gasteiger partial charge in [0.15, 0.2) is 0 Å². The highest BCUT2D eigenvalue weighted by Gasteiger charge is 1.85. The molecule has 1 aromatic rings. The van der Waals surface area contributed by atoms with Crippen LogP contribution in [0.15, 0.2) is 30.3 Å². The van der Waals surface area contributed by atoms with Gasteiger partial charge in [-0.3, -0.25) is 0 Å². The zero-order valence-corrected chi connectivity index (χ0v) is 8.87. The molecule has 2 N–H and O–H groups in total. The fourth-order valence-corrected chi connectivity index (χ4v) is 1.18. The second kappa shape index (κ2) is 8.05. The highest BCUT2D eigenvalue weighted by Crippen LogP contribution is 1.94. The van der Waals surface area contributed by atoms with Crippen molar-refractivity contribution in [3.8, 4) is 11.8 Å². The van der Waals surface area contributed by atoms with E-state index in [-0.39, 0.29) is 6.61 Å². The lowest BCUT2D eigenvalue weighted by atomic mass is 10.2. The smallest absolute Gasteiger partial charge is 0.0580 e. The molecule has 80 valence electrons. The van der Waals surface area contributed by atoms with Gasteiger partial charge in [-0.25, -0.2) is 0 Å². The number of rotatable bonds is 5. The molecule has 0 saturated carbocycles. The van der Waals surface area contributed by atoms with Crippen LogP contribution in [0.2, 0.25) is 0 Å². The maximum Gasteiger partial charge on any atom is 0.0580 e. The molecule has 0 unspecified atom stereocenters. The zero-order chi connectivity index (χ0) is 10.8. The first-order valence-corrected chi connectivity index (χ1v) is 5.29. The first-order valence-electron chi connectivity index (χ1n) is 5.29.